The summed E-state index contributed by atoms with van der Waals surface area (Å²) in [5.41, 5.74) is 2.71. The van der Waals surface area contributed by atoms with E-state index < -0.39 is 0 Å². The van der Waals surface area contributed by atoms with Crippen LogP contribution in [-0.2, 0) is 16.0 Å². The molecule has 6 rings (SSSR count). The topological polar surface area (TPSA) is 26.7 Å². The van der Waals surface area contributed by atoms with Crippen LogP contribution in [0.15, 0.2) is 86.0 Å². The Kier molecular flexibility index (Phi) is 6.86. The Morgan fingerprint density at radius 1 is 0.778 bits per heavy atom. The Morgan fingerprint density at radius 2 is 1.44 bits per heavy atom. The van der Waals surface area contributed by atoms with Gasteiger partial charge in [0.25, 0.3) is 0 Å². The number of fused-ring (bicyclic) bond motifs is 3. The number of para-hydroxylation sites is 2. The highest BCUT2D eigenvalue weighted by Crippen LogP contribution is 2.43. The molecule has 3 aromatic rings. The Hall–Kier alpha value is -2.62. The lowest BCUT2D eigenvalue weighted by atomic mass is 9.93. The molecule has 0 spiro atoms. The van der Waals surface area contributed by atoms with Gasteiger partial charge in [-0.05, 0) is 73.3 Å². The molecule has 0 bridgehead atoms. The zero-order valence-electron chi connectivity index (χ0n) is 21.3. The molecule has 2 aromatic carbocycles. The fourth-order valence-corrected chi connectivity index (χ4v) is 6.93. The molecule has 2 aliphatic carbocycles. The lowest BCUT2D eigenvalue weighted by molar-refractivity contribution is 0.0794. The maximum absolute atomic E-state index is 5.96. The van der Waals surface area contributed by atoms with E-state index in [-0.39, 0.29) is 0 Å². The van der Waals surface area contributed by atoms with Crippen molar-refractivity contribution in [2.75, 3.05) is 19.8 Å². The average molecular weight is 482 g/mol. The molecule has 7 unspecified atom stereocenters. The van der Waals surface area contributed by atoms with Crippen molar-refractivity contribution in [3.8, 4) is 0 Å². The normalized spacial score (nSPS) is 32.1. The summed E-state index contributed by atoms with van der Waals surface area (Å²) in [6.07, 6.45) is 14.6. The minimum Gasteiger partial charge on any atom is -0.378 e. The van der Waals surface area contributed by atoms with Gasteiger partial charge in [-0.25, -0.2) is 0 Å². The van der Waals surface area contributed by atoms with Crippen LogP contribution in [0.25, 0.3) is 21.8 Å². The first-order chi connectivity index (χ1) is 17.7. The Bertz CT molecular complexity index is 1200. The second kappa shape index (κ2) is 10.4. The summed E-state index contributed by atoms with van der Waals surface area (Å²) in [6.45, 7) is 11.8. The molecule has 1 aromatic heterocycles. The highest BCUT2D eigenvalue weighted by Gasteiger charge is 2.35. The maximum atomic E-state index is 5.96. The molecule has 3 fully saturated rings. The first-order valence-electron chi connectivity index (χ1n) is 13.8. The SMILES string of the molecule is C=CC1CC(C=CC2CC(C=C)C(COCC3CO3)C2)C(Cn2c3ccccc3c3ccccc32)C1. The van der Waals surface area contributed by atoms with Crippen LogP contribution in [0.5, 0.6) is 0 Å². The second-order valence-corrected chi connectivity index (χ2v) is 11.3. The molecule has 0 amide bonds. The zero-order chi connectivity index (χ0) is 24.5. The van der Waals surface area contributed by atoms with Gasteiger partial charge in [-0.1, -0.05) is 60.7 Å². The number of benzene rings is 2. The van der Waals surface area contributed by atoms with Gasteiger partial charge in [0.15, 0.2) is 0 Å². The summed E-state index contributed by atoms with van der Waals surface area (Å²) in [5.74, 6) is 3.57. The highest BCUT2D eigenvalue weighted by atomic mass is 16.6. The molecule has 0 radical (unpaired) electrons. The van der Waals surface area contributed by atoms with E-state index >= 15 is 0 Å². The smallest absolute Gasteiger partial charge is 0.104 e. The number of hydrogen-bond acceptors (Lipinski definition) is 2. The van der Waals surface area contributed by atoms with Crippen LogP contribution in [0.1, 0.15) is 25.7 Å². The highest BCUT2D eigenvalue weighted by molar-refractivity contribution is 6.07. The Labute approximate surface area is 215 Å². The molecule has 3 aliphatic rings. The van der Waals surface area contributed by atoms with Gasteiger partial charge in [-0.15, -0.1) is 13.2 Å². The third-order valence-electron chi connectivity index (χ3n) is 8.97. The molecule has 2 heterocycles. The van der Waals surface area contributed by atoms with Gasteiger partial charge in [0, 0.05) is 28.4 Å². The third-order valence-corrected chi connectivity index (χ3v) is 8.97. The van der Waals surface area contributed by atoms with Gasteiger partial charge in [0.1, 0.15) is 6.10 Å². The van der Waals surface area contributed by atoms with Crippen LogP contribution in [0.2, 0.25) is 0 Å². The molecular weight excluding hydrogens is 442 g/mol. The van der Waals surface area contributed by atoms with Crippen molar-refractivity contribution < 1.29 is 9.47 Å². The van der Waals surface area contributed by atoms with Crippen LogP contribution in [0.4, 0.5) is 0 Å². The van der Waals surface area contributed by atoms with Crippen molar-refractivity contribution in [3.63, 3.8) is 0 Å². The first-order valence-corrected chi connectivity index (χ1v) is 13.8. The van der Waals surface area contributed by atoms with Crippen molar-refractivity contribution in [3.05, 3.63) is 86.0 Å². The molecule has 188 valence electrons. The Morgan fingerprint density at radius 3 is 2.11 bits per heavy atom. The van der Waals surface area contributed by atoms with Crippen molar-refractivity contribution in [1.29, 1.82) is 0 Å². The maximum Gasteiger partial charge on any atom is 0.104 e. The van der Waals surface area contributed by atoms with Crippen LogP contribution >= 0.6 is 0 Å². The van der Waals surface area contributed by atoms with Crippen LogP contribution < -0.4 is 0 Å². The number of aromatic nitrogens is 1. The summed E-state index contributed by atoms with van der Waals surface area (Å²) in [6, 6.07) is 17.8. The summed E-state index contributed by atoms with van der Waals surface area (Å²) >= 11 is 0. The molecular formula is C33H39NO2. The van der Waals surface area contributed by atoms with Gasteiger partial charge in [-0.2, -0.15) is 0 Å². The number of nitrogens with zero attached hydrogens (tertiary/aromatic N) is 1. The molecule has 0 N–H and O–H groups in total. The largest absolute Gasteiger partial charge is 0.378 e. The fraction of sp³-hybridized carbons (Fsp3) is 0.455. The van der Waals surface area contributed by atoms with Crippen molar-refractivity contribution in [1.82, 2.24) is 4.57 Å². The molecule has 3 heteroatoms. The van der Waals surface area contributed by atoms with Gasteiger partial charge in [0.2, 0.25) is 0 Å². The average Bonchev–Trinajstić information content (AvgIpc) is 3.40. The van der Waals surface area contributed by atoms with Gasteiger partial charge in [-0.3, -0.25) is 0 Å². The van der Waals surface area contributed by atoms with Crippen LogP contribution in [-0.4, -0.2) is 30.5 Å². The quantitative estimate of drug-likeness (QED) is 0.222. The molecule has 2 saturated carbocycles. The second-order valence-electron chi connectivity index (χ2n) is 11.3. The van der Waals surface area contributed by atoms with E-state index in [9.17, 15) is 0 Å². The van der Waals surface area contributed by atoms with E-state index in [1.165, 1.54) is 47.5 Å². The number of allylic oxidation sites excluding steroid dienone is 4. The fourth-order valence-electron chi connectivity index (χ4n) is 6.93. The summed E-state index contributed by atoms with van der Waals surface area (Å²) in [4.78, 5) is 0. The first kappa shape index (κ1) is 23.8. The molecule has 1 saturated heterocycles. The van der Waals surface area contributed by atoms with Crippen LogP contribution in [0, 0.1) is 35.5 Å². The van der Waals surface area contributed by atoms with Crippen LogP contribution in [0.3, 0.4) is 0 Å². The van der Waals surface area contributed by atoms with Gasteiger partial charge in [0.05, 0.1) is 19.8 Å². The number of hydrogen-bond donors (Lipinski definition) is 0. The summed E-state index contributed by atoms with van der Waals surface area (Å²) in [7, 11) is 0. The number of rotatable bonds is 10. The number of epoxide rings is 1. The molecule has 7 atom stereocenters. The minimum absolute atomic E-state index is 0.343. The van der Waals surface area contributed by atoms with E-state index in [0.717, 1.165) is 26.4 Å². The zero-order valence-corrected chi connectivity index (χ0v) is 21.3. The predicted molar refractivity (Wildman–Crippen MR) is 149 cm³/mol. The van der Waals surface area contributed by atoms with Gasteiger partial charge < -0.3 is 14.0 Å². The lowest BCUT2D eigenvalue weighted by Gasteiger charge is -2.19. The van der Waals surface area contributed by atoms with E-state index in [1.807, 2.05) is 0 Å². The van der Waals surface area contributed by atoms with Crippen molar-refractivity contribution in [2.24, 2.45) is 35.5 Å². The van der Waals surface area contributed by atoms with Gasteiger partial charge >= 0.3 is 0 Å². The summed E-state index contributed by atoms with van der Waals surface area (Å²) < 4.78 is 13.8. The van der Waals surface area contributed by atoms with E-state index in [4.69, 9.17) is 9.47 Å². The lowest BCUT2D eigenvalue weighted by Crippen LogP contribution is -2.15. The third kappa shape index (κ3) is 4.84. The molecule has 1 aliphatic heterocycles. The van der Waals surface area contributed by atoms with Crippen molar-refractivity contribution >= 4 is 21.8 Å². The van der Waals surface area contributed by atoms with E-state index in [2.05, 4.69) is 90.6 Å². The number of ether oxygens (including phenoxy) is 2. The van der Waals surface area contributed by atoms with E-state index in [0.29, 0.717) is 41.6 Å². The van der Waals surface area contributed by atoms with E-state index in [1.54, 1.807) is 0 Å². The monoisotopic (exact) mass is 481 g/mol. The predicted octanol–water partition coefficient (Wildman–Crippen LogP) is 7.42. The summed E-state index contributed by atoms with van der Waals surface area (Å²) in [5, 5.41) is 2.72. The standard InChI is InChI=1S/C33H39NO2/c1-3-23-15-26(14-13-24-17-25(4-2)28(18-24)20-35-21-29-22-36-29)27(16-23)19-34-32-11-7-5-9-30(32)31-10-6-8-12-33(31)34/h3-14,23-29H,1-2,15-22H2. The van der Waals surface area contributed by atoms with Crippen molar-refractivity contribution in [2.45, 2.75) is 38.3 Å². The Balaban J connectivity index is 1.18. The molecule has 3 nitrogen and oxygen atoms in total. The molecule has 36 heavy (non-hydrogen) atoms. The minimum atomic E-state index is 0.343.